The van der Waals surface area contributed by atoms with E-state index in [9.17, 15) is 5.11 Å². The van der Waals surface area contributed by atoms with Gasteiger partial charge in [-0.2, -0.15) is 5.10 Å². The Morgan fingerprint density at radius 2 is 2.00 bits per heavy atom. The number of hydrogen-bond acceptors (Lipinski definition) is 4. The highest BCUT2D eigenvalue weighted by molar-refractivity contribution is 6.31. The van der Waals surface area contributed by atoms with Crippen molar-refractivity contribution >= 4 is 11.6 Å². The molecule has 21 heavy (non-hydrogen) atoms. The van der Waals surface area contributed by atoms with Crippen LogP contribution < -0.4 is 0 Å². The Kier molecular flexibility index (Phi) is 5.30. The van der Waals surface area contributed by atoms with Crippen molar-refractivity contribution in [3.05, 3.63) is 16.4 Å². The minimum Gasteiger partial charge on any atom is -0.391 e. The molecule has 5 nitrogen and oxygen atoms in total. The van der Waals surface area contributed by atoms with Crippen molar-refractivity contribution in [3.63, 3.8) is 0 Å². The summed E-state index contributed by atoms with van der Waals surface area (Å²) >= 11 is 6.38. The Labute approximate surface area is 131 Å². The molecular formula is C15H26ClN3O2. The van der Waals surface area contributed by atoms with Gasteiger partial charge < -0.3 is 9.84 Å². The predicted octanol–water partition coefficient (Wildman–Crippen LogP) is 1.65. The lowest BCUT2D eigenvalue weighted by Crippen LogP contribution is -2.56. The van der Waals surface area contributed by atoms with Gasteiger partial charge >= 0.3 is 0 Å². The van der Waals surface area contributed by atoms with E-state index in [0.29, 0.717) is 11.4 Å². The standard InChI is InChI=1S/C15H26ClN3O2/c1-5-11-14(16)12(18(4)17-11)10-13(20)15(2,3)19-6-8-21-9-7-19/h13,20H,5-10H2,1-4H3. The summed E-state index contributed by atoms with van der Waals surface area (Å²) in [6, 6.07) is 0. The summed E-state index contributed by atoms with van der Waals surface area (Å²) in [5, 5.41) is 15.8. The van der Waals surface area contributed by atoms with Crippen LogP contribution in [0.4, 0.5) is 0 Å². The van der Waals surface area contributed by atoms with Crippen LogP contribution in [0.5, 0.6) is 0 Å². The Bertz CT molecular complexity index is 482. The molecule has 2 rings (SSSR count). The summed E-state index contributed by atoms with van der Waals surface area (Å²) in [7, 11) is 1.88. The van der Waals surface area contributed by atoms with Crippen molar-refractivity contribution in [1.29, 1.82) is 0 Å². The number of hydrogen-bond donors (Lipinski definition) is 1. The lowest BCUT2D eigenvalue weighted by Gasteiger charge is -2.43. The predicted molar refractivity (Wildman–Crippen MR) is 83.8 cm³/mol. The Morgan fingerprint density at radius 1 is 1.38 bits per heavy atom. The number of rotatable bonds is 5. The molecule has 0 spiro atoms. The zero-order valence-electron chi connectivity index (χ0n) is 13.4. The third kappa shape index (κ3) is 3.42. The molecule has 0 bridgehead atoms. The summed E-state index contributed by atoms with van der Waals surface area (Å²) in [6.45, 7) is 9.34. The second kappa shape index (κ2) is 6.65. The number of aliphatic hydroxyl groups excluding tert-OH is 1. The highest BCUT2D eigenvalue weighted by Crippen LogP contribution is 2.27. The van der Waals surface area contributed by atoms with E-state index in [4.69, 9.17) is 16.3 Å². The normalized spacial score (nSPS) is 19.0. The van der Waals surface area contributed by atoms with E-state index in [1.54, 1.807) is 4.68 Å². The molecule has 0 amide bonds. The lowest BCUT2D eigenvalue weighted by atomic mass is 9.91. The second-order valence-corrected chi connectivity index (χ2v) is 6.54. The van der Waals surface area contributed by atoms with Gasteiger partial charge in [-0.25, -0.2) is 0 Å². The van der Waals surface area contributed by atoms with Gasteiger partial charge in [-0.1, -0.05) is 18.5 Å². The first-order valence-electron chi connectivity index (χ1n) is 7.59. The van der Waals surface area contributed by atoms with Crippen LogP contribution in [0.15, 0.2) is 0 Å². The van der Waals surface area contributed by atoms with Crippen molar-refractivity contribution < 1.29 is 9.84 Å². The number of aliphatic hydroxyl groups is 1. The SMILES string of the molecule is CCc1nn(C)c(CC(O)C(C)(C)N2CCOCC2)c1Cl. The van der Waals surface area contributed by atoms with Gasteiger partial charge in [0, 0.05) is 32.1 Å². The van der Waals surface area contributed by atoms with Gasteiger partial charge in [0.1, 0.15) is 0 Å². The molecule has 6 heteroatoms. The minimum absolute atomic E-state index is 0.316. The Hall–Kier alpha value is -0.620. The largest absolute Gasteiger partial charge is 0.391 e. The van der Waals surface area contributed by atoms with Crippen LogP contribution in [-0.2, 0) is 24.6 Å². The highest BCUT2D eigenvalue weighted by Gasteiger charge is 2.36. The lowest BCUT2D eigenvalue weighted by molar-refractivity contribution is -0.0616. The monoisotopic (exact) mass is 315 g/mol. The molecular weight excluding hydrogens is 290 g/mol. The molecule has 1 aliphatic rings. The van der Waals surface area contributed by atoms with E-state index in [1.165, 1.54) is 0 Å². The summed E-state index contributed by atoms with van der Waals surface area (Å²) in [6.07, 6.45) is 0.802. The maximum Gasteiger partial charge on any atom is 0.0850 e. The maximum atomic E-state index is 10.7. The molecule has 1 N–H and O–H groups in total. The summed E-state index contributed by atoms with van der Waals surface area (Å²) in [5.74, 6) is 0. The van der Waals surface area contributed by atoms with Crippen LogP contribution in [0.2, 0.25) is 5.02 Å². The fourth-order valence-electron chi connectivity index (χ4n) is 2.82. The number of halogens is 1. The number of aromatic nitrogens is 2. The molecule has 0 radical (unpaired) electrons. The quantitative estimate of drug-likeness (QED) is 0.897. The molecule has 0 aromatic carbocycles. The zero-order valence-corrected chi connectivity index (χ0v) is 14.2. The molecule has 0 saturated carbocycles. The van der Waals surface area contributed by atoms with E-state index in [2.05, 4.69) is 23.8 Å². The first-order valence-corrected chi connectivity index (χ1v) is 7.96. The maximum absolute atomic E-state index is 10.7. The van der Waals surface area contributed by atoms with Crippen LogP contribution in [0, 0.1) is 0 Å². The molecule has 120 valence electrons. The van der Waals surface area contributed by atoms with Crippen LogP contribution >= 0.6 is 11.6 Å². The van der Waals surface area contributed by atoms with Gasteiger partial charge in [-0.3, -0.25) is 9.58 Å². The highest BCUT2D eigenvalue weighted by atomic mass is 35.5. The average Bonchev–Trinajstić information content (AvgIpc) is 2.75. The van der Waals surface area contributed by atoms with Crippen LogP contribution in [0.1, 0.15) is 32.2 Å². The van der Waals surface area contributed by atoms with E-state index >= 15 is 0 Å². The zero-order chi connectivity index (χ0) is 15.6. The molecule has 1 aromatic rings. The van der Waals surface area contributed by atoms with Crippen LogP contribution in [0.3, 0.4) is 0 Å². The van der Waals surface area contributed by atoms with E-state index in [-0.39, 0.29) is 5.54 Å². The Morgan fingerprint density at radius 3 is 2.52 bits per heavy atom. The first-order chi connectivity index (χ1) is 9.87. The van der Waals surface area contributed by atoms with Crippen molar-refractivity contribution in [2.24, 2.45) is 7.05 Å². The van der Waals surface area contributed by atoms with Gasteiger partial charge in [0.25, 0.3) is 0 Å². The molecule has 0 aliphatic carbocycles. The minimum atomic E-state index is -0.506. The number of aryl methyl sites for hydroxylation is 2. The van der Waals surface area contributed by atoms with E-state index in [0.717, 1.165) is 44.1 Å². The van der Waals surface area contributed by atoms with Gasteiger partial charge in [0.15, 0.2) is 0 Å². The number of ether oxygens (including phenoxy) is 1. The summed E-state index contributed by atoms with van der Waals surface area (Å²) in [5.41, 5.74) is 1.48. The number of nitrogens with zero attached hydrogens (tertiary/aromatic N) is 3. The van der Waals surface area contributed by atoms with Crippen molar-refractivity contribution in [2.75, 3.05) is 26.3 Å². The summed E-state index contributed by atoms with van der Waals surface area (Å²) in [4.78, 5) is 2.28. The molecule has 1 aromatic heterocycles. The topological polar surface area (TPSA) is 50.5 Å². The molecule has 1 aliphatic heterocycles. The molecule has 1 unspecified atom stereocenters. The van der Waals surface area contributed by atoms with E-state index in [1.807, 2.05) is 14.0 Å². The fraction of sp³-hybridized carbons (Fsp3) is 0.800. The first kappa shape index (κ1) is 16.7. The summed E-state index contributed by atoms with van der Waals surface area (Å²) < 4.78 is 7.18. The third-order valence-corrected chi connectivity index (χ3v) is 4.97. The Balaban J connectivity index is 2.13. The van der Waals surface area contributed by atoms with Crippen molar-refractivity contribution in [3.8, 4) is 0 Å². The van der Waals surface area contributed by atoms with Crippen molar-refractivity contribution in [2.45, 2.75) is 45.3 Å². The van der Waals surface area contributed by atoms with Crippen LogP contribution in [0.25, 0.3) is 0 Å². The third-order valence-electron chi connectivity index (χ3n) is 4.53. The molecule has 2 heterocycles. The molecule has 1 saturated heterocycles. The number of morpholine rings is 1. The van der Waals surface area contributed by atoms with Crippen molar-refractivity contribution in [1.82, 2.24) is 14.7 Å². The average molecular weight is 316 g/mol. The van der Waals surface area contributed by atoms with Gasteiger partial charge in [0.05, 0.1) is 35.7 Å². The van der Waals surface area contributed by atoms with Gasteiger partial charge in [0.2, 0.25) is 0 Å². The van der Waals surface area contributed by atoms with Gasteiger partial charge in [-0.05, 0) is 20.3 Å². The molecule has 1 atom stereocenters. The van der Waals surface area contributed by atoms with E-state index < -0.39 is 6.10 Å². The smallest absolute Gasteiger partial charge is 0.0850 e. The fourth-order valence-corrected chi connectivity index (χ4v) is 3.20. The second-order valence-electron chi connectivity index (χ2n) is 6.16. The molecule has 1 fully saturated rings. The van der Waals surface area contributed by atoms with Crippen LogP contribution in [-0.4, -0.2) is 57.7 Å². The van der Waals surface area contributed by atoms with Gasteiger partial charge in [-0.15, -0.1) is 0 Å².